The lowest BCUT2D eigenvalue weighted by Crippen LogP contribution is -2.49. The van der Waals surface area contributed by atoms with Crippen molar-refractivity contribution in [2.75, 3.05) is 76.3 Å². The quantitative estimate of drug-likeness (QED) is 0.670. The molecule has 30 heavy (non-hydrogen) atoms. The van der Waals surface area contributed by atoms with E-state index in [0.717, 1.165) is 55.4 Å². The lowest BCUT2D eigenvalue weighted by Gasteiger charge is -2.36. The summed E-state index contributed by atoms with van der Waals surface area (Å²) in [5, 5.41) is 0. The van der Waals surface area contributed by atoms with Gasteiger partial charge < -0.3 is 24.3 Å². The number of hydrogen-bond donors (Lipinski definition) is 0. The first kappa shape index (κ1) is 20.9. The number of carbonyl (C=O) groups is 1. The Labute approximate surface area is 185 Å². The number of piperazine rings is 2. The minimum absolute atomic E-state index is 0.0150. The third-order valence-electron chi connectivity index (χ3n) is 5.76. The molecule has 2 aliphatic heterocycles. The Bertz CT molecular complexity index is 895. The molecule has 0 saturated carbocycles. The Kier molecular flexibility index (Phi) is 6.38. The molecule has 0 spiro atoms. The number of nitrogens with zero attached hydrogens (tertiary/aromatic N) is 6. The number of ether oxygens (including phenoxy) is 1. The van der Waals surface area contributed by atoms with Gasteiger partial charge in [0.05, 0.1) is 12.7 Å². The van der Waals surface area contributed by atoms with Gasteiger partial charge in [-0.15, -0.1) is 0 Å². The van der Waals surface area contributed by atoms with E-state index in [2.05, 4.69) is 53.7 Å². The van der Waals surface area contributed by atoms with Gasteiger partial charge in [0.1, 0.15) is 23.7 Å². The van der Waals surface area contributed by atoms with Crippen LogP contribution in [-0.4, -0.2) is 92.2 Å². The lowest BCUT2D eigenvalue weighted by atomic mass is 10.1. The highest BCUT2D eigenvalue weighted by atomic mass is 79.9. The molecule has 2 aromatic rings. The van der Waals surface area contributed by atoms with E-state index in [9.17, 15) is 4.79 Å². The van der Waals surface area contributed by atoms with E-state index >= 15 is 0 Å². The number of hydrogen-bond acceptors (Lipinski definition) is 7. The maximum absolute atomic E-state index is 13.0. The van der Waals surface area contributed by atoms with Crippen LogP contribution in [0.4, 0.5) is 11.6 Å². The van der Waals surface area contributed by atoms with Gasteiger partial charge in [0.2, 0.25) is 0 Å². The van der Waals surface area contributed by atoms with Crippen molar-refractivity contribution in [3.05, 3.63) is 40.6 Å². The highest BCUT2D eigenvalue weighted by Crippen LogP contribution is 2.25. The Balaban J connectivity index is 1.40. The van der Waals surface area contributed by atoms with Gasteiger partial charge in [-0.2, -0.15) is 0 Å². The topological polar surface area (TPSA) is 65.0 Å². The Morgan fingerprint density at radius 1 is 0.933 bits per heavy atom. The fourth-order valence-electron chi connectivity index (χ4n) is 3.82. The zero-order chi connectivity index (χ0) is 21.1. The maximum Gasteiger partial charge on any atom is 0.255 e. The second-order valence-electron chi connectivity index (χ2n) is 7.65. The fourth-order valence-corrected chi connectivity index (χ4v) is 4.24. The first-order valence-corrected chi connectivity index (χ1v) is 11.0. The van der Waals surface area contributed by atoms with Gasteiger partial charge in [-0.3, -0.25) is 4.79 Å². The van der Waals surface area contributed by atoms with E-state index in [1.165, 1.54) is 0 Å². The SMILES string of the molecule is COc1ccc(Br)c(C(=O)N2CCN(c3cc(N4CCN(C)CC4)ncn3)CC2)c1. The molecule has 0 bridgehead atoms. The van der Waals surface area contributed by atoms with E-state index in [-0.39, 0.29) is 5.91 Å². The van der Waals surface area contributed by atoms with E-state index in [1.807, 2.05) is 17.0 Å². The molecule has 9 heteroatoms. The third-order valence-corrected chi connectivity index (χ3v) is 6.45. The van der Waals surface area contributed by atoms with Gasteiger partial charge in [0.15, 0.2) is 0 Å². The van der Waals surface area contributed by atoms with Crippen LogP contribution in [0, 0.1) is 0 Å². The smallest absolute Gasteiger partial charge is 0.255 e. The number of carbonyl (C=O) groups excluding carboxylic acids is 1. The molecule has 1 amide bonds. The molecular formula is C21H27BrN6O2. The van der Waals surface area contributed by atoms with Crippen molar-refractivity contribution in [3.8, 4) is 5.75 Å². The molecule has 3 heterocycles. The number of rotatable bonds is 4. The van der Waals surface area contributed by atoms with E-state index in [1.54, 1.807) is 19.5 Å². The summed E-state index contributed by atoms with van der Waals surface area (Å²) in [7, 11) is 3.75. The average molecular weight is 475 g/mol. The molecule has 1 aromatic carbocycles. The summed E-state index contributed by atoms with van der Waals surface area (Å²) in [5.41, 5.74) is 0.627. The molecule has 160 valence electrons. The molecule has 0 atom stereocenters. The van der Waals surface area contributed by atoms with Crippen LogP contribution in [0.2, 0.25) is 0 Å². The van der Waals surface area contributed by atoms with Gasteiger partial charge in [0, 0.05) is 62.9 Å². The molecule has 0 aliphatic carbocycles. The predicted molar refractivity (Wildman–Crippen MR) is 121 cm³/mol. The number of aromatic nitrogens is 2. The van der Waals surface area contributed by atoms with Crippen LogP contribution < -0.4 is 14.5 Å². The average Bonchev–Trinajstić information content (AvgIpc) is 2.80. The Hall–Kier alpha value is -2.39. The summed E-state index contributed by atoms with van der Waals surface area (Å²) in [4.78, 5) is 30.7. The van der Waals surface area contributed by atoms with E-state index in [0.29, 0.717) is 24.4 Å². The normalized spacial score (nSPS) is 17.9. The van der Waals surface area contributed by atoms with Crippen LogP contribution in [0.5, 0.6) is 5.75 Å². The maximum atomic E-state index is 13.0. The van der Waals surface area contributed by atoms with Crippen LogP contribution in [0.15, 0.2) is 35.1 Å². The van der Waals surface area contributed by atoms with Crippen LogP contribution in [0.3, 0.4) is 0 Å². The zero-order valence-corrected chi connectivity index (χ0v) is 19.0. The fraction of sp³-hybridized carbons (Fsp3) is 0.476. The summed E-state index contributed by atoms with van der Waals surface area (Å²) in [6.07, 6.45) is 1.65. The van der Waals surface area contributed by atoms with Crippen LogP contribution in [-0.2, 0) is 0 Å². The van der Waals surface area contributed by atoms with Gasteiger partial charge in [-0.05, 0) is 41.2 Å². The Morgan fingerprint density at radius 2 is 1.53 bits per heavy atom. The first-order valence-electron chi connectivity index (χ1n) is 10.2. The monoisotopic (exact) mass is 474 g/mol. The number of amides is 1. The summed E-state index contributed by atoms with van der Waals surface area (Å²) in [6, 6.07) is 7.54. The van der Waals surface area contributed by atoms with E-state index < -0.39 is 0 Å². The van der Waals surface area contributed by atoms with Crippen molar-refractivity contribution in [3.63, 3.8) is 0 Å². The summed E-state index contributed by atoms with van der Waals surface area (Å²) in [6.45, 7) is 6.82. The second-order valence-corrected chi connectivity index (χ2v) is 8.50. The largest absolute Gasteiger partial charge is 0.497 e. The Morgan fingerprint density at radius 3 is 2.13 bits per heavy atom. The van der Waals surface area contributed by atoms with Crippen molar-refractivity contribution in [2.45, 2.75) is 0 Å². The molecule has 2 saturated heterocycles. The van der Waals surface area contributed by atoms with Crippen molar-refractivity contribution >= 4 is 33.5 Å². The molecule has 8 nitrogen and oxygen atoms in total. The van der Waals surface area contributed by atoms with Crippen LogP contribution in [0.1, 0.15) is 10.4 Å². The molecule has 1 aromatic heterocycles. The number of anilines is 2. The van der Waals surface area contributed by atoms with Gasteiger partial charge in [-0.25, -0.2) is 9.97 Å². The minimum Gasteiger partial charge on any atom is -0.497 e. The first-order chi connectivity index (χ1) is 14.5. The zero-order valence-electron chi connectivity index (χ0n) is 17.4. The third kappa shape index (κ3) is 4.52. The van der Waals surface area contributed by atoms with Crippen molar-refractivity contribution in [2.24, 2.45) is 0 Å². The van der Waals surface area contributed by atoms with Crippen molar-refractivity contribution < 1.29 is 9.53 Å². The second kappa shape index (κ2) is 9.18. The standard InChI is InChI=1S/C21H27BrN6O2/c1-25-5-7-26(8-6-25)19-14-20(24-15-23-19)27-9-11-28(12-10-27)21(29)17-13-16(30-2)3-4-18(17)22/h3-4,13-15H,5-12H2,1-2H3. The van der Waals surface area contributed by atoms with Gasteiger partial charge in [-0.1, -0.05) is 0 Å². The molecule has 0 unspecified atom stereocenters. The highest BCUT2D eigenvalue weighted by Gasteiger charge is 2.25. The molecule has 4 rings (SSSR count). The summed E-state index contributed by atoms with van der Waals surface area (Å²) in [5.74, 6) is 2.60. The lowest BCUT2D eigenvalue weighted by molar-refractivity contribution is 0.0745. The number of benzene rings is 1. The minimum atomic E-state index is 0.0150. The van der Waals surface area contributed by atoms with Gasteiger partial charge in [0.25, 0.3) is 5.91 Å². The van der Waals surface area contributed by atoms with Gasteiger partial charge >= 0.3 is 0 Å². The van der Waals surface area contributed by atoms with Crippen LogP contribution >= 0.6 is 15.9 Å². The highest BCUT2D eigenvalue weighted by molar-refractivity contribution is 9.10. The number of likely N-dealkylation sites (N-methyl/N-ethyl adjacent to an activating group) is 1. The summed E-state index contributed by atoms with van der Waals surface area (Å²) < 4.78 is 6.05. The number of halogens is 1. The van der Waals surface area contributed by atoms with Crippen molar-refractivity contribution in [1.29, 1.82) is 0 Å². The van der Waals surface area contributed by atoms with Crippen LogP contribution in [0.25, 0.3) is 0 Å². The molecular weight excluding hydrogens is 448 g/mol. The van der Waals surface area contributed by atoms with E-state index in [4.69, 9.17) is 4.74 Å². The molecule has 0 radical (unpaired) electrons. The molecule has 2 aliphatic rings. The predicted octanol–water partition coefficient (Wildman–Crippen LogP) is 1.96. The molecule has 2 fully saturated rings. The van der Waals surface area contributed by atoms with Crippen molar-refractivity contribution in [1.82, 2.24) is 19.8 Å². The summed E-state index contributed by atoms with van der Waals surface area (Å²) >= 11 is 3.49. The molecule has 0 N–H and O–H groups in total. The number of methoxy groups -OCH3 is 1.